The maximum absolute atomic E-state index is 12.6. The Morgan fingerprint density at radius 3 is 2.30 bits per heavy atom. The van der Waals surface area contributed by atoms with Crippen molar-refractivity contribution >= 4 is 16.0 Å². The summed E-state index contributed by atoms with van der Waals surface area (Å²) in [5.41, 5.74) is -5.23. The number of nitrogens with zero attached hydrogens (tertiary/aromatic N) is 2. The molecule has 1 saturated carbocycles. The van der Waals surface area contributed by atoms with Crippen LogP contribution < -0.4 is 10.6 Å². The summed E-state index contributed by atoms with van der Waals surface area (Å²) in [5.74, 6) is 1.45. The summed E-state index contributed by atoms with van der Waals surface area (Å²) in [4.78, 5) is 4.16. The number of piperidine rings is 1. The zero-order chi connectivity index (χ0) is 19.9. The summed E-state index contributed by atoms with van der Waals surface area (Å²) in [7, 11) is -3.57. The Labute approximate surface area is 160 Å². The molecular formula is C17H31F3N4O2S. The van der Waals surface area contributed by atoms with Crippen LogP contribution in [0.15, 0.2) is 4.99 Å². The van der Waals surface area contributed by atoms with Gasteiger partial charge in [0.05, 0.1) is 0 Å². The van der Waals surface area contributed by atoms with Crippen molar-refractivity contribution in [2.75, 3.05) is 26.7 Å². The van der Waals surface area contributed by atoms with E-state index in [1.165, 1.54) is 38.5 Å². The SMILES string of the molecule is CN=C(NCCCC1CCCCC1)NC1CCN(S(=O)(=O)C(F)(F)F)CC1. The van der Waals surface area contributed by atoms with Crippen molar-refractivity contribution in [2.24, 2.45) is 10.9 Å². The van der Waals surface area contributed by atoms with Gasteiger partial charge in [0.15, 0.2) is 5.96 Å². The third-order valence-corrected chi connectivity index (χ3v) is 7.09. The van der Waals surface area contributed by atoms with Crippen LogP contribution in [-0.2, 0) is 10.0 Å². The van der Waals surface area contributed by atoms with Crippen LogP contribution in [0.25, 0.3) is 0 Å². The molecule has 1 saturated heterocycles. The van der Waals surface area contributed by atoms with Crippen molar-refractivity contribution in [2.45, 2.75) is 69.3 Å². The minimum Gasteiger partial charge on any atom is -0.356 e. The summed E-state index contributed by atoms with van der Waals surface area (Å²) in [6.45, 7) is 0.522. The summed E-state index contributed by atoms with van der Waals surface area (Å²) in [6, 6.07) is -0.0887. The second-order valence-corrected chi connectivity index (χ2v) is 9.34. The van der Waals surface area contributed by atoms with Gasteiger partial charge in [0.2, 0.25) is 0 Å². The molecular weight excluding hydrogens is 381 g/mol. The van der Waals surface area contributed by atoms with Gasteiger partial charge in [0.1, 0.15) is 0 Å². The molecule has 2 N–H and O–H groups in total. The van der Waals surface area contributed by atoms with E-state index in [2.05, 4.69) is 15.6 Å². The van der Waals surface area contributed by atoms with E-state index in [0.717, 1.165) is 18.9 Å². The van der Waals surface area contributed by atoms with E-state index in [-0.39, 0.29) is 19.1 Å². The van der Waals surface area contributed by atoms with Gasteiger partial charge in [-0.3, -0.25) is 4.99 Å². The number of sulfonamides is 1. The largest absolute Gasteiger partial charge is 0.511 e. The second-order valence-electron chi connectivity index (χ2n) is 7.41. The molecule has 158 valence electrons. The Morgan fingerprint density at radius 2 is 1.74 bits per heavy atom. The fourth-order valence-electron chi connectivity index (χ4n) is 3.85. The first kappa shape index (κ1) is 22.3. The van der Waals surface area contributed by atoms with Gasteiger partial charge >= 0.3 is 15.5 Å². The Kier molecular flexibility index (Phi) is 8.20. The molecule has 2 aliphatic rings. The van der Waals surface area contributed by atoms with Crippen LogP contribution in [0.2, 0.25) is 0 Å². The molecule has 0 aromatic rings. The number of halogens is 3. The third kappa shape index (κ3) is 6.51. The predicted octanol–water partition coefficient (Wildman–Crippen LogP) is 2.83. The smallest absolute Gasteiger partial charge is 0.356 e. The minimum absolute atomic E-state index is 0.0887. The van der Waals surface area contributed by atoms with Gasteiger partial charge in [-0.15, -0.1) is 0 Å². The van der Waals surface area contributed by atoms with Crippen LogP contribution in [0.3, 0.4) is 0 Å². The van der Waals surface area contributed by atoms with Crippen LogP contribution in [-0.4, -0.2) is 56.9 Å². The molecule has 2 fully saturated rings. The van der Waals surface area contributed by atoms with Crippen LogP contribution in [0.1, 0.15) is 57.8 Å². The average Bonchev–Trinajstić information content (AvgIpc) is 2.64. The highest BCUT2D eigenvalue weighted by molar-refractivity contribution is 7.90. The van der Waals surface area contributed by atoms with E-state index < -0.39 is 15.5 Å². The van der Waals surface area contributed by atoms with Crippen molar-refractivity contribution in [3.63, 3.8) is 0 Å². The van der Waals surface area contributed by atoms with Crippen molar-refractivity contribution in [3.8, 4) is 0 Å². The highest BCUT2D eigenvalue weighted by Crippen LogP contribution is 2.29. The highest BCUT2D eigenvalue weighted by atomic mass is 32.2. The summed E-state index contributed by atoms with van der Waals surface area (Å²) >= 11 is 0. The fraction of sp³-hybridized carbons (Fsp3) is 0.941. The maximum atomic E-state index is 12.6. The minimum atomic E-state index is -5.23. The lowest BCUT2D eigenvalue weighted by Crippen LogP contribution is -2.51. The molecule has 0 aromatic carbocycles. The van der Waals surface area contributed by atoms with E-state index in [0.29, 0.717) is 23.1 Å². The summed E-state index contributed by atoms with van der Waals surface area (Å²) in [6.07, 6.45) is 9.59. The molecule has 1 aliphatic heterocycles. The first-order valence-electron chi connectivity index (χ1n) is 9.77. The molecule has 6 nitrogen and oxygen atoms in total. The number of aliphatic imine (C=N–C) groups is 1. The van der Waals surface area contributed by atoms with Gasteiger partial charge in [-0.25, -0.2) is 8.42 Å². The first-order chi connectivity index (χ1) is 12.7. The number of hydrogen-bond donors (Lipinski definition) is 2. The van der Waals surface area contributed by atoms with Gasteiger partial charge in [-0.05, 0) is 31.6 Å². The Balaban J connectivity index is 1.68. The molecule has 0 bridgehead atoms. The molecule has 1 aliphatic carbocycles. The number of nitrogens with one attached hydrogen (secondary N) is 2. The quantitative estimate of drug-likeness (QED) is 0.400. The van der Waals surface area contributed by atoms with Gasteiger partial charge in [-0.2, -0.15) is 17.5 Å². The number of guanidine groups is 1. The topological polar surface area (TPSA) is 73.8 Å². The third-order valence-electron chi connectivity index (χ3n) is 5.46. The monoisotopic (exact) mass is 412 g/mol. The highest BCUT2D eigenvalue weighted by Gasteiger charge is 2.50. The molecule has 0 aromatic heterocycles. The number of hydrogen-bond acceptors (Lipinski definition) is 3. The molecule has 10 heteroatoms. The second kappa shape index (κ2) is 9.95. The molecule has 0 atom stereocenters. The molecule has 0 radical (unpaired) electrons. The van der Waals surface area contributed by atoms with Gasteiger partial charge in [-0.1, -0.05) is 32.1 Å². The normalized spacial score (nSPS) is 22.0. The van der Waals surface area contributed by atoms with Gasteiger partial charge in [0, 0.05) is 32.7 Å². The summed E-state index contributed by atoms with van der Waals surface area (Å²) < 4.78 is 61.2. The van der Waals surface area contributed by atoms with E-state index >= 15 is 0 Å². The molecule has 0 spiro atoms. The van der Waals surface area contributed by atoms with E-state index in [1.54, 1.807) is 7.05 Å². The molecule has 27 heavy (non-hydrogen) atoms. The van der Waals surface area contributed by atoms with E-state index in [4.69, 9.17) is 0 Å². The van der Waals surface area contributed by atoms with Crippen LogP contribution >= 0.6 is 0 Å². The zero-order valence-electron chi connectivity index (χ0n) is 15.9. The van der Waals surface area contributed by atoms with Crippen LogP contribution in [0.5, 0.6) is 0 Å². The first-order valence-corrected chi connectivity index (χ1v) is 11.2. The predicted molar refractivity (Wildman–Crippen MR) is 99.9 cm³/mol. The van der Waals surface area contributed by atoms with Gasteiger partial charge in [0.25, 0.3) is 0 Å². The number of alkyl halides is 3. The molecule has 0 unspecified atom stereocenters. The maximum Gasteiger partial charge on any atom is 0.511 e. The van der Waals surface area contributed by atoms with Crippen molar-refractivity contribution in [1.29, 1.82) is 0 Å². The lowest BCUT2D eigenvalue weighted by molar-refractivity contribution is -0.0494. The van der Waals surface area contributed by atoms with Gasteiger partial charge < -0.3 is 10.6 Å². The average molecular weight is 413 g/mol. The molecule has 0 amide bonds. The van der Waals surface area contributed by atoms with Crippen molar-refractivity contribution in [1.82, 2.24) is 14.9 Å². The van der Waals surface area contributed by atoms with E-state index in [1.807, 2.05) is 0 Å². The molecule has 2 rings (SSSR count). The molecule has 1 heterocycles. The van der Waals surface area contributed by atoms with Crippen molar-refractivity contribution < 1.29 is 21.6 Å². The standard InChI is InChI=1S/C17H31F3N4O2S/c1-21-16(22-11-5-8-14-6-3-2-4-7-14)23-15-9-12-24(13-10-15)27(25,26)17(18,19)20/h14-15H,2-13H2,1H3,(H2,21,22,23). The van der Waals surface area contributed by atoms with Crippen molar-refractivity contribution in [3.05, 3.63) is 0 Å². The fourth-order valence-corrected chi connectivity index (χ4v) is 4.83. The van der Waals surface area contributed by atoms with Crippen LogP contribution in [0, 0.1) is 5.92 Å². The lowest BCUT2D eigenvalue weighted by atomic mass is 9.86. The number of rotatable bonds is 6. The van der Waals surface area contributed by atoms with E-state index in [9.17, 15) is 21.6 Å². The lowest BCUT2D eigenvalue weighted by Gasteiger charge is -2.32. The Bertz CT molecular complexity index is 581. The summed E-state index contributed by atoms with van der Waals surface area (Å²) in [5, 5.41) is 6.44. The Morgan fingerprint density at radius 1 is 1.11 bits per heavy atom. The zero-order valence-corrected chi connectivity index (χ0v) is 16.7. The van der Waals surface area contributed by atoms with Crippen LogP contribution in [0.4, 0.5) is 13.2 Å². The Hall–Kier alpha value is -1.03.